The summed E-state index contributed by atoms with van der Waals surface area (Å²) in [5.41, 5.74) is 1.79. The molecule has 0 aliphatic carbocycles. The molecule has 0 amide bonds. The van der Waals surface area contributed by atoms with Crippen LogP contribution < -0.4 is 0 Å². The minimum atomic E-state index is 1.60. The third-order valence-electron chi connectivity index (χ3n) is 1.44. The SMILES string of the molecule is c1ccccc1.c1ccsc1.c1cscn1. The van der Waals surface area contributed by atoms with Crippen molar-refractivity contribution in [3.8, 4) is 0 Å². The molecule has 0 aliphatic rings. The van der Waals surface area contributed by atoms with Gasteiger partial charge in [0.05, 0.1) is 5.51 Å². The Morgan fingerprint density at radius 1 is 0.562 bits per heavy atom. The van der Waals surface area contributed by atoms with E-state index >= 15 is 0 Å². The largest absolute Gasteiger partial charge is 0.253 e. The standard InChI is InChI=1S/C6H6.C4H4S.C3H3NS/c1-2-4-6-5-3-1;1-2-4-5-3-1;1-2-5-3-4-1/h1-6H;1-4H;1-3H. The van der Waals surface area contributed by atoms with E-state index in [1.807, 2.05) is 64.7 Å². The molecule has 0 atom stereocenters. The molecule has 0 saturated heterocycles. The van der Waals surface area contributed by atoms with E-state index in [1.54, 1.807) is 34.4 Å². The third kappa shape index (κ3) is 7.91. The first-order chi connectivity index (χ1) is 8.00. The van der Waals surface area contributed by atoms with Gasteiger partial charge >= 0.3 is 0 Å². The zero-order valence-corrected chi connectivity index (χ0v) is 10.4. The van der Waals surface area contributed by atoms with Crippen molar-refractivity contribution in [2.45, 2.75) is 0 Å². The topological polar surface area (TPSA) is 12.9 Å². The number of hydrogen-bond donors (Lipinski definition) is 0. The lowest BCUT2D eigenvalue weighted by Gasteiger charge is -1.69. The Hall–Kier alpha value is -1.45. The molecule has 0 radical (unpaired) electrons. The van der Waals surface area contributed by atoms with Crippen molar-refractivity contribution in [1.82, 2.24) is 4.98 Å². The normalized spacial score (nSPS) is 8.00. The van der Waals surface area contributed by atoms with Crippen molar-refractivity contribution >= 4 is 22.7 Å². The van der Waals surface area contributed by atoms with Crippen molar-refractivity contribution in [2.75, 3.05) is 0 Å². The lowest BCUT2D eigenvalue weighted by Crippen LogP contribution is -1.47. The first kappa shape index (κ1) is 12.6. The van der Waals surface area contributed by atoms with Gasteiger partial charge in [0.25, 0.3) is 0 Å². The molecule has 0 aliphatic heterocycles. The van der Waals surface area contributed by atoms with Crippen LogP contribution in [0.25, 0.3) is 0 Å². The second-order valence-corrected chi connectivity index (χ2v) is 4.20. The highest BCUT2D eigenvalue weighted by molar-refractivity contribution is 7.07. The number of nitrogens with zero attached hydrogens (tertiary/aromatic N) is 1. The van der Waals surface area contributed by atoms with E-state index in [0.717, 1.165) is 0 Å². The summed E-state index contributed by atoms with van der Waals surface area (Å²) in [5.74, 6) is 0. The molecule has 3 rings (SSSR count). The number of thiophene rings is 1. The van der Waals surface area contributed by atoms with Crippen LogP contribution in [0.3, 0.4) is 0 Å². The summed E-state index contributed by atoms with van der Waals surface area (Å²) in [7, 11) is 0. The summed E-state index contributed by atoms with van der Waals surface area (Å²) in [6.07, 6.45) is 1.77. The van der Waals surface area contributed by atoms with Gasteiger partial charge in [-0.05, 0) is 10.8 Å². The molecule has 1 nitrogen and oxygen atoms in total. The van der Waals surface area contributed by atoms with Crippen molar-refractivity contribution in [1.29, 1.82) is 0 Å². The van der Waals surface area contributed by atoms with E-state index in [0.29, 0.717) is 0 Å². The van der Waals surface area contributed by atoms with Crippen LogP contribution in [0.4, 0.5) is 0 Å². The maximum atomic E-state index is 3.74. The van der Waals surface area contributed by atoms with Crippen LogP contribution in [-0.2, 0) is 0 Å². The number of thiazole rings is 1. The van der Waals surface area contributed by atoms with Gasteiger partial charge in [-0.25, -0.2) is 0 Å². The van der Waals surface area contributed by atoms with Crippen molar-refractivity contribution in [2.24, 2.45) is 0 Å². The second kappa shape index (κ2) is 10.1. The summed E-state index contributed by atoms with van der Waals surface area (Å²) in [5, 5.41) is 6.01. The van der Waals surface area contributed by atoms with Gasteiger partial charge in [0.1, 0.15) is 0 Å². The van der Waals surface area contributed by atoms with E-state index in [4.69, 9.17) is 0 Å². The Bertz CT molecular complexity index is 305. The van der Waals surface area contributed by atoms with E-state index in [-0.39, 0.29) is 0 Å². The maximum absolute atomic E-state index is 3.74. The van der Waals surface area contributed by atoms with E-state index < -0.39 is 0 Å². The Morgan fingerprint density at radius 3 is 1.31 bits per heavy atom. The second-order valence-electron chi connectivity index (χ2n) is 2.62. The first-order valence-corrected chi connectivity index (χ1v) is 6.68. The molecule has 2 heterocycles. The number of aromatic nitrogens is 1. The van der Waals surface area contributed by atoms with Gasteiger partial charge in [-0.3, -0.25) is 4.98 Å². The minimum absolute atomic E-state index is 1.60. The maximum Gasteiger partial charge on any atom is 0.0791 e. The molecule has 0 fully saturated rings. The highest BCUT2D eigenvalue weighted by Gasteiger charge is 1.59. The molecule has 3 heteroatoms. The van der Waals surface area contributed by atoms with Crippen LogP contribution in [-0.4, -0.2) is 4.98 Å². The molecule has 82 valence electrons. The summed E-state index contributed by atoms with van der Waals surface area (Å²) in [4.78, 5) is 3.74. The van der Waals surface area contributed by atoms with Crippen molar-refractivity contribution < 1.29 is 0 Å². The van der Waals surface area contributed by atoms with Gasteiger partial charge in [-0.15, -0.1) is 11.3 Å². The fourth-order valence-corrected chi connectivity index (χ4v) is 1.59. The van der Waals surface area contributed by atoms with Gasteiger partial charge in [0.15, 0.2) is 0 Å². The highest BCUT2D eigenvalue weighted by Crippen LogP contribution is 1.91. The molecule has 2 aromatic heterocycles. The number of rotatable bonds is 0. The quantitative estimate of drug-likeness (QED) is 0.566. The molecule has 3 aromatic rings. The molecular weight excluding hydrogens is 234 g/mol. The van der Waals surface area contributed by atoms with Crippen LogP contribution in [0.2, 0.25) is 0 Å². The zero-order chi connectivity index (χ0) is 11.3. The van der Waals surface area contributed by atoms with Crippen LogP contribution in [0.1, 0.15) is 0 Å². The molecule has 0 unspecified atom stereocenters. The van der Waals surface area contributed by atoms with Gasteiger partial charge < -0.3 is 0 Å². The Balaban J connectivity index is 0.000000121. The van der Waals surface area contributed by atoms with Gasteiger partial charge in [0, 0.05) is 11.6 Å². The van der Waals surface area contributed by atoms with Gasteiger partial charge in [-0.2, -0.15) is 11.3 Å². The molecule has 16 heavy (non-hydrogen) atoms. The number of benzene rings is 1. The Labute approximate surface area is 104 Å². The predicted octanol–water partition coefficient (Wildman–Crippen LogP) is 4.58. The smallest absolute Gasteiger partial charge is 0.0791 e. The lowest BCUT2D eigenvalue weighted by molar-refractivity contribution is 1.43. The molecule has 0 bridgehead atoms. The van der Waals surface area contributed by atoms with E-state index in [1.165, 1.54) is 0 Å². The monoisotopic (exact) mass is 247 g/mol. The number of hydrogen-bond acceptors (Lipinski definition) is 3. The molecule has 0 saturated carbocycles. The summed E-state index contributed by atoms with van der Waals surface area (Å²) in [6.45, 7) is 0. The van der Waals surface area contributed by atoms with E-state index in [2.05, 4.69) is 4.98 Å². The predicted molar refractivity (Wildman–Crippen MR) is 72.9 cm³/mol. The average Bonchev–Trinajstić information content (AvgIpc) is 3.10. The van der Waals surface area contributed by atoms with Crippen molar-refractivity contribution in [3.05, 3.63) is 76.4 Å². The first-order valence-electron chi connectivity index (χ1n) is 4.79. The summed E-state index contributed by atoms with van der Waals surface area (Å²) >= 11 is 3.31. The zero-order valence-electron chi connectivity index (χ0n) is 8.77. The van der Waals surface area contributed by atoms with Gasteiger partial charge in [-0.1, -0.05) is 48.5 Å². The molecule has 0 spiro atoms. The Morgan fingerprint density at radius 2 is 1.12 bits per heavy atom. The summed E-state index contributed by atoms with van der Waals surface area (Å²) < 4.78 is 0. The fraction of sp³-hybridized carbons (Fsp3) is 0. The van der Waals surface area contributed by atoms with Crippen LogP contribution in [0, 0.1) is 0 Å². The van der Waals surface area contributed by atoms with E-state index in [9.17, 15) is 0 Å². The van der Waals surface area contributed by atoms with Crippen LogP contribution >= 0.6 is 22.7 Å². The van der Waals surface area contributed by atoms with Crippen molar-refractivity contribution in [3.63, 3.8) is 0 Å². The Kier molecular flexibility index (Phi) is 7.95. The van der Waals surface area contributed by atoms with Crippen LogP contribution in [0.5, 0.6) is 0 Å². The third-order valence-corrected chi connectivity index (χ3v) is 2.59. The lowest BCUT2D eigenvalue weighted by atomic mass is 10.4. The molecule has 0 N–H and O–H groups in total. The highest BCUT2D eigenvalue weighted by atomic mass is 32.1. The molecule has 1 aromatic carbocycles. The summed E-state index contributed by atoms with van der Waals surface area (Å²) in [6, 6.07) is 16.0. The fourth-order valence-electron chi connectivity index (χ4n) is 0.787. The molecular formula is C13H13NS2. The van der Waals surface area contributed by atoms with Crippen LogP contribution in [0.15, 0.2) is 76.4 Å². The van der Waals surface area contributed by atoms with Gasteiger partial charge in [0.2, 0.25) is 0 Å². The average molecular weight is 247 g/mol. The minimum Gasteiger partial charge on any atom is -0.253 e.